The zero-order valence-corrected chi connectivity index (χ0v) is 14.7. The second kappa shape index (κ2) is 6.20. The molecule has 2 aromatic rings. The summed E-state index contributed by atoms with van der Waals surface area (Å²) in [4.78, 5) is 0. The third-order valence-electron chi connectivity index (χ3n) is 4.03. The summed E-state index contributed by atoms with van der Waals surface area (Å²) >= 11 is 3.56. The van der Waals surface area contributed by atoms with Crippen molar-refractivity contribution in [2.24, 2.45) is 0 Å². The Morgan fingerprint density at radius 2 is 1.67 bits per heavy atom. The molecular formula is C18H21BrO2. The van der Waals surface area contributed by atoms with Gasteiger partial charge < -0.3 is 9.84 Å². The van der Waals surface area contributed by atoms with Crippen LogP contribution >= 0.6 is 15.9 Å². The zero-order valence-electron chi connectivity index (χ0n) is 13.1. The van der Waals surface area contributed by atoms with E-state index in [1.807, 2.05) is 38.1 Å². The second-order valence-electron chi connectivity index (χ2n) is 5.49. The fourth-order valence-electron chi connectivity index (χ4n) is 2.58. The first kappa shape index (κ1) is 16.1. The maximum atomic E-state index is 10.8. The van der Waals surface area contributed by atoms with Gasteiger partial charge in [0.25, 0.3) is 0 Å². The molecule has 0 aliphatic heterocycles. The molecule has 1 unspecified atom stereocenters. The summed E-state index contributed by atoms with van der Waals surface area (Å²) < 4.78 is 6.51. The van der Waals surface area contributed by atoms with E-state index < -0.39 is 6.10 Å². The zero-order chi connectivity index (χ0) is 15.7. The Kier molecular flexibility index (Phi) is 4.74. The van der Waals surface area contributed by atoms with Crippen LogP contribution < -0.4 is 4.74 Å². The molecule has 0 heterocycles. The number of halogens is 1. The van der Waals surface area contributed by atoms with E-state index in [1.165, 1.54) is 11.1 Å². The number of hydrogen-bond acceptors (Lipinski definition) is 2. The van der Waals surface area contributed by atoms with Gasteiger partial charge in [0.15, 0.2) is 0 Å². The fraction of sp³-hybridized carbons (Fsp3) is 0.333. The molecular weight excluding hydrogens is 328 g/mol. The number of hydrogen-bond donors (Lipinski definition) is 1. The van der Waals surface area contributed by atoms with Crippen molar-refractivity contribution in [2.45, 2.75) is 33.8 Å². The van der Waals surface area contributed by atoms with Crippen LogP contribution in [0.1, 0.15) is 39.5 Å². The van der Waals surface area contributed by atoms with Gasteiger partial charge in [-0.05, 0) is 61.6 Å². The van der Waals surface area contributed by atoms with Crippen LogP contribution in [0.5, 0.6) is 5.75 Å². The molecule has 0 saturated heterocycles. The Morgan fingerprint density at radius 3 is 2.24 bits per heavy atom. The van der Waals surface area contributed by atoms with Gasteiger partial charge in [0, 0.05) is 10.0 Å². The summed E-state index contributed by atoms with van der Waals surface area (Å²) in [7, 11) is 1.65. The number of aliphatic hydroxyl groups is 1. The molecule has 0 aromatic heterocycles. The molecule has 2 aromatic carbocycles. The third-order valence-corrected chi connectivity index (χ3v) is 4.86. The molecule has 0 aliphatic carbocycles. The van der Waals surface area contributed by atoms with Gasteiger partial charge in [-0.2, -0.15) is 0 Å². The normalized spacial score (nSPS) is 12.3. The monoisotopic (exact) mass is 348 g/mol. The molecule has 1 atom stereocenters. The summed E-state index contributed by atoms with van der Waals surface area (Å²) in [5, 5.41) is 10.8. The van der Waals surface area contributed by atoms with Crippen LogP contribution in [-0.2, 0) is 0 Å². The minimum atomic E-state index is -0.699. The summed E-state index contributed by atoms with van der Waals surface area (Å²) in [5.74, 6) is 0.751. The van der Waals surface area contributed by atoms with Crippen molar-refractivity contribution in [3.8, 4) is 5.75 Å². The first-order chi connectivity index (χ1) is 9.86. The van der Waals surface area contributed by atoms with E-state index in [4.69, 9.17) is 4.74 Å². The molecule has 0 bridgehead atoms. The Labute approximate surface area is 134 Å². The smallest absolute Gasteiger partial charge is 0.128 e. The fourth-order valence-corrected chi connectivity index (χ4v) is 3.13. The molecule has 3 heteroatoms. The summed E-state index contributed by atoms with van der Waals surface area (Å²) in [6.07, 6.45) is -0.699. The topological polar surface area (TPSA) is 29.5 Å². The Balaban J connectivity index is 2.62. The maximum absolute atomic E-state index is 10.8. The molecule has 112 valence electrons. The minimum absolute atomic E-state index is 0.699. The second-order valence-corrected chi connectivity index (χ2v) is 6.35. The van der Waals surface area contributed by atoms with Gasteiger partial charge in [-0.25, -0.2) is 0 Å². The highest BCUT2D eigenvalue weighted by Crippen LogP contribution is 2.39. The molecule has 0 aliphatic rings. The lowest BCUT2D eigenvalue weighted by molar-refractivity contribution is 0.213. The number of benzene rings is 2. The first-order valence-corrected chi connectivity index (χ1v) is 7.75. The molecule has 0 spiro atoms. The molecule has 2 rings (SSSR count). The standard InChI is InChI=1S/C18H21BrO2/c1-10-6-7-14(8-11(10)2)17(20)16-13(4)15(19)9-12(3)18(16)21-5/h6-9,17,20H,1-5H3. The molecule has 0 radical (unpaired) electrons. The molecule has 0 saturated carbocycles. The summed E-state index contributed by atoms with van der Waals surface area (Å²) in [6, 6.07) is 8.07. The van der Waals surface area contributed by atoms with Crippen molar-refractivity contribution in [2.75, 3.05) is 7.11 Å². The van der Waals surface area contributed by atoms with Gasteiger partial charge in [0.1, 0.15) is 11.9 Å². The van der Waals surface area contributed by atoms with E-state index >= 15 is 0 Å². The molecule has 2 nitrogen and oxygen atoms in total. The highest BCUT2D eigenvalue weighted by atomic mass is 79.9. The third kappa shape index (κ3) is 2.99. The lowest BCUT2D eigenvalue weighted by Gasteiger charge is -2.21. The number of rotatable bonds is 3. The van der Waals surface area contributed by atoms with Gasteiger partial charge in [-0.3, -0.25) is 0 Å². The molecule has 1 N–H and O–H groups in total. The van der Waals surface area contributed by atoms with Gasteiger partial charge in [-0.1, -0.05) is 34.1 Å². The van der Waals surface area contributed by atoms with E-state index in [0.717, 1.165) is 32.5 Å². The quantitative estimate of drug-likeness (QED) is 0.865. The van der Waals surface area contributed by atoms with E-state index in [1.54, 1.807) is 7.11 Å². The van der Waals surface area contributed by atoms with E-state index in [2.05, 4.69) is 29.8 Å². The maximum Gasteiger partial charge on any atom is 0.128 e. The van der Waals surface area contributed by atoms with Crippen molar-refractivity contribution >= 4 is 15.9 Å². The van der Waals surface area contributed by atoms with E-state index in [9.17, 15) is 5.11 Å². The first-order valence-electron chi connectivity index (χ1n) is 6.95. The molecule has 0 amide bonds. The van der Waals surface area contributed by atoms with Crippen molar-refractivity contribution in [3.05, 3.63) is 62.1 Å². The van der Waals surface area contributed by atoms with Crippen LogP contribution in [0.25, 0.3) is 0 Å². The van der Waals surface area contributed by atoms with Crippen LogP contribution in [0.15, 0.2) is 28.7 Å². The van der Waals surface area contributed by atoms with Crippen molar-refractivity contribution in [1.82, 2.24) is 0 Å². The minimum Gasteiger partial charge on any atom is -0.496 e. The van der Waals surface area contributed by atoms with Crippen LogP contribution in [0.3, 0.4) is 0 Å². The summed E-state index contributed by atoms with van der Waals surface area (Å²) in [6.45, 7) is 8.10. The van der Waals surface area contributed by atoms with Crippen LogP contribution in [0, 0.1) is 27.7 Å². The van der Waals surface area contributed by atoms with Crippen LogP contribution in [-0.4, -0.2) is 12.2 Å². The summed E-state index contributed by atoms with van der Waals surface area (Å²) in [5.41, 5.74) is 6.12. The highest BCUT2D eigenvalue weighted by molar-refractivity contribution is 9.10. The lowest BCUT2D eigenvalue weighted by Crippen LogP contribution is -2.07. The Morgan fingerprint density at radius 1 is 1.00 bits per heavy atom. The highest BCUT2D eigenvalue weighted by Gasteiger charge is 2.21. The van der Waals surface area contributed by atoms with Crippen molar-refractivity contribution < 1.29 is 9.84 Å². The van der Waals surface area contributed by atoms with E-state index in [0.29, 0.717) is 0 Å². The SMILES string of the molecule is COc1c(C)cc(Br)c(C)c1C(O)c1ccc(C)c(C)c1. The average Bonchev–Trinajstić information content (AvgIpc) is 2.44. The molecule has 0 fully saturated rings. The average molecular weight is 349 g/mol. The Bertz CT molecular complexity index is 677. The molecule has 21 heavy (non-hydrogen) atoms. The van der Waals surface area contributed by atoms with E-state index in [-0.39, 0.29) is 0 Å². The largest absolute Gasteiger partial charge is 0.496 e. The van der Waals surface area contributed by atoms with Crippen LogP contribution in [0.2, 0.25) is 0 Å². The Hall–Kier alpha value is -1.32. The van der Waals surface area contributed by atoms with Gasteiger partial charge in [0.05, 0.1) is 7.11 Å². The van der Waals surface area contributed by atoms with Gasteiger partial charge in [-0.15, -0.1) is 0 Å². The van der Waals surface area contributed by atoms with Gasteiger partial charge in [0.2, 0.25) is 0 Å². The number of methoxy groups -OCH3 is 1. The van der Waals surface area contributed by atoms with Crippen LogP contribution in [0.4, 0.5) is 0 Å². The van der Waals surface area contributed by atoms with Crippen molar-refractivity contribution in [1.29, 1.82) is 0 Å². The number of ether oxygens (including phenoxy) is 1. The predicted molar refractivity (Wildman–Crippen MR) is 90.1 cm³/mol. The number of aliphatic hydroxyl groups excluding tert-OH is 1. The number of aryl methyl sites for hydroxylation is 3. The van der Waals surface area contributed by atoms with Crippen molar-refractivity contribution in [3.63, 3.8) is 0 Å². The lowest BCUT2D eigenvalue weighted by atomic mass is 9.93. The van der Waals surface area contributed by atoms with Gasteiger partial charge >= 0.3 is 0 Å². The predicted octanol–water partition coefficient (Wildman–Crippen LogP) is 4.77.